The number of hydrogen-bond donors (Lipinski definition) is 1. The van der Waals surface area contributed by atoms with Gasteiger partial charge in [0.2, 0.25) is 0 Å². The quantitative estimate of drug-likeness (QED) is 0.289. The van der Waals surface area contributed by atoms with Crippen LogP contribution in [0.4, 0.5) is 13.6 Å². The number of alkyl carbamates (subject to hydrolysis) is 1. The molecule has 1 fully saturated rings. The number of halogens is 2. The first-order chi connectivity index (χ1) is 19.0. The zero-order valence-corrected chi connectivity index (χ0v) is 22.7. The molecule has 0 spiro atoms. The van der Waals surface area contributed by atoms with Gasteiger partial charge in [0.05, 0.1) is 12.2 Å². The van der Waals surface area contributed by atoms with Crippen molar-refractivity contribution < 1.29 is 27.5 Å². The van der Waals surface area contributed by atoms with Crippen molar-refractivity contribution in [2.45, 2.75) is 51.7 Å². The maximum Gasteiger partial charge on any atom is 0.408 e. The van der Waals surface area contributed by atoms with Crippen molar-refractivity contribution in [1.29, 1.82) is 0 Å². The lowest BCUT2D eigenvalue weighted by atomic mass is 9.97. The zero-order chi connectivity index (χ0) is 28.5. The molecule has 0 radical (unpaired) electrons. The van der Waals surface area contributed by atoms with Gasteiger partial charge in [0, 0.05) is 48.6 Å². The third-order valence-corrected chi connectivity index (χ3v) is 6.66. The molecule has 1 aliphatic rings. The number of hydrogen-bond acceptors (Lipinski definition) is 5. The highest BCUT2D eigenvalue weighted by Crippen LogP contribution is 2.35. The van der Waals surface area contributed by atoms with Crippen LogP contribution in [0, 0.1) is 0 Å². The van der Waals surface area contributed by atoms with Crippen LogP contribution < -0.4 is 5.32 Å². The monoisotopic (exact) mass is 547 g/mol. The van der Waals surface area contributed by atoms with Gasteiger partial charge in [-0.3, -0.25) is 9.78 Å². The summed E-state index contributed by atoms with van der Waals surface area (Å²) in [6, 6.07) is 18.6. The molecule has 40 heavy (non-hydrogen) atoms. The number of rotatable bonds is 5. The second-order valence-electron chi connectivity index (χ2n) is 11.0. The molecule has 5 rings (SSSR count). The second-order valence-corrected chi connectivity index (χ2v) is 11.0. The molecular weight excluding hydrogens is 516 g/mol. The molecule has 1 N–H and O–H groups in total. The molecule has 0 saturated carbocycles. The molecule has 0 atom stereocenters. The molecule has 2 aromatic heterocycles. The minimum absolute atomic E-state index is 0.0449. The number of benzene rings is 2. The van der Waals surface area contributed by atoms with E-state index in [2.05, 4.69) is 10.3 Å². The van der Waals surface area contributed by atoms with Crippen LogP contribution >= 0.6 is 0 Å². The summed E-state index contributed by atoms with van der Waals surface area (Å²) >= 11 is 0. The number of piperidine rings is 1. The fourth-order valence-electron chi connectivity index (χ4n) is 4.67. The van der Waals surface area contributed by atoms with E-state index in [-0.39, 0.29) is 38.4 Å². The van der Waals surface area contributed by atoms with E-state index >= 15 is 0 Å². The number of alkyl halides is 2. The van der Waals surface area contributed by atoms with Crippen LogP contribution in [0.2, 0.25) is 0 Å². The van der Waals surface area contributed by atoms with Crippen molar-refractivity contribution in [2.24, 2.45) is 0 Å². The molecule has 2 amide bonds. The fourth-order valence-corrected chi connectivity index (χ4v) is 4.67. The number of carbonyl (C=O) groups is 2. The SMILES string of the molecule is CC(C)(C)OC(=O)NCc1cc2cc(-c3ccc(C(=O)N4CCC(F)(F)CC4)cc3)cc(-c3ccccn3)c2o1. The minimum atomic E-state index is -2.71. The number of nitrogens with zero attached hydrogens (tertiary/aromatic N) is 2. The van der Waals surface area contributed by atoms with Crippen LogP contribution in [0.25, 0.3) is 33.4 Å². The smallest absolute Gasteiger partial charge is 0.408 e. The highest BCUT2D eigenvalue weighted by molar-refractivity contribution is 5.97. The lowest BCUT2D eigenvalue weighted by Gasteiger charge is -2.31. The van der Waals surface area contributed by atoms with Gasteiger partial charge < -0.3 is 19.4 Å². The van der Waals surface area contributed by atoms with Crippen LogP contribution in [0.5, 0.6) is 0 Å². The lowest BCUT2D eigenvalue weighted by molar-refractivity contribution is -0.0494. The first-order valence-corrected chi connectivity index (χ1v) is 13.2. The summed E-state index contributed by atoms with van der Waals surface area (Å²) in [6.45, 7) is 5.63. The van der Waals surface area contributed by atoms with Gasteiger partial charge >= 0.3 is 6.09 Å². The van der Waals surface area contributed by atoms with E-state index in [1.54, 1.807) is 39.1 Å². The van der Waals surface area contributed by atoms with Crippen LogP contribution in [0.1, 0.15) is 49.7 Å². The number of pyridine rings is 1. The van der Waals surface area contributed by atoms with Crippen molar-refractivity contribution in [1.82, 2.24) is 15.2 Å². The number of ether oxygens (including phenoxy) is 1. The molecule has 208 valence electrons. The van der Waals surface area contributed by atoms with Gasteiger partial charge in [0.25, 0.3) is 11.8 Å². The number of amides is 2. The zero-order valence-electron chi connectivity index (χ0n) is 22.7. The average Bonchev–Trinajstić information content (AvgIpc) is 3.34. The van der Waals surface area contributed by atoms with Gasteiger partial charge in [-0.15, -0.1) is 0 Å². The van der Waals surface area contributed by atoms with Gasteiger partial charge in [-0.05, 0) is 74.4 Å². The number of likely N-dealkylation sites (tertiary alicyclic amines) is 1. The summed E-state index contributed by atoms with van der Waals surface area (Å²) in [4.78, 5) is 31.0. The van der Waals surface area contributed by atoms with Crippen molar-refractivity contribution in [3.63, 3.8) is 0 Å². The standard InChI is InChI=1S/C31H31F2N3O4/c1-30(2,3)40-29(38)35-19-24-17-23-16-22(18-25(27(23)39-24)26-6-4-5-13-34-26)20-7-9-21(10-8-20)28(37)36-14-11-31(32,33)12-15-36/h4-10,13,16-18H,11-12,14-15,19H2,1-3H3,(H,35,38). The Morgan fingerprint density at radius 2 is 1.75 bits per heavy atom. The van der Waals surface area contributed by atoms with Crippen LogP contribution in [-0.4, -0.2) is 46.5 Å². The molecule has 1 saturated heterocycles. The summed E-state index contributed by atoms with van der Waals surface area (Å²) in [5, 5.41) is 3.55. The molecule has 0 unspecified atom stereocenters. The topological polar surface area (TPSA) is 84.7 Å². The molecule has 0 aliphatic carbocycles. The van der Waals surface area contributed by atoms with Gasteiger partial charge in [0.1, 0.15) is 16.9 Å². The summed E-state index contributed by atoms with van der Waals surface area (Å²) in [6.07, 6.45) is 0.547. The van der Waals surface area contributed by atoms with Crippen molar-refractivity contribution in [2.75, 3.05) is 13.1 Å². The molecule has 4 aromatic rings. The molecule has 9 heteroatoms. The van der Waals surface area contributed by atoms with E-state index in [9.17, 15) is 18.4 Å². The molecule has 1 aliphatic heterocycles. The predicted molar refractivity (Wildman–Crippen MR) is 148 cm³/mol. The third-order valence-electron chi connectivity index (χ3n) is 6.66. The highest BCUT2D eigenvalue weighted by Gasteiger charge is 2.35. The first-order valence-electron chi connectivity index (χ1n) is 13.2. The molecule has 3 heterocycles. The van der Waals surface area contributed by atoms with Crippen LogP contribution in [0.15, 0.2) is 71.3 Å². The number of furan rings is 1. The van der Waals surface area contributed by atoms with Crippen LogP contribution in [0.3, 0.4) is 0 Å². The van der Waals surface area contributed by atoms with Gasteiger partial charge in [0.15, 0.2) is 0 Å². The molecule has 0 bridgehead atoms. The number of fused-ring (bicyclic) bond motifs is 1. The van der Waals surface area contributed by atoms with E-state index in [0.717, 1.165) is 27.8 Å². The fraction of sp³-hybridized carbons (Fsp3) is 0.323. The predicted octanol–water partition coefficient (Wildman–Crippen LogP) is 7.06. The summed E-state index contributed by atoms with van der Waals surface area (Å²) in [7, 11) is 0. The van der Waals surface area contributed by atoms with E-state index in [1.165, 1.54) is 4.90 Å². The Labute approximate surface area is 231 Å². The first kappa shape index (κ1) is 27.3. The van der Waals surface area contributed by atoms with E-state index in [1.807, 2.05) is 48.5 Å². The third kappa shape index (κ3) is 6.30. The van der Waals surface area contributed by atoms with E-state index < -0.39 is 17.6 Å². The number of nitrogens with one attached hydrogen (secondary N) is 1. The largest absolute Gasteiger partial charge is 0.458 e. The Balaban J connectivity index is 1.42. The maximum atomic E-state index is 13.5. The molecule has 2 aromatic carbocycles. The number of carbonyl (C=O) groups excluding carboxylic acids is 2. The number of aromatic nitrogens is 1. The van der Waals surface area contributed by atoms with Crippen LogP contribution in [-0.2, 0) is 11.3 Å². The Hall–Kier alpha value is -4.27. The van der Waals surface area contributed by atoms with Gasteiger partial charge in [-0.25, -0.2) is 13.6 Å². The van der Waals surface area contributed by atoms with Gasteiger partial charge in [-0.1, -0.05) is 18.2 Å². The van der Waals surface area contributed by atoms with Crippen molar-refractivity contribution >= 4 is 23.0 Å². The Bertz CT molecular complexity index is 1520. The van der Waals surface area contributed by atoms with E-state index in [4.69, 9.17) is 9.15 Å². The molecule has 7 nitrogen and oxygen atoms in total. The Kier molecular flexibility index (Phi) is 7.31. The minimum Gasteiger partial charge on any atom is -0.458 e. The normalized spacial score (nSPS) is 15.2. The van der Waals surface area contributed by atoms with Gasteiger partial charge in [-0.2, -0.15) is 0 Å². The Morgan fingerprint density at radius 1 is 1.02 bits per heavy atom. The van der Waals surface area contributed by atoms with Crippen molar-refractivity contribution in [3.8, 4) is 22.4 Å². The second kappa shape index (κ2) is 10.7. The summed E-state index contributed by atoms with van der Waals surface area (Å²) < 4.78 is 38.5. The Morgan fingerprint density at radius 3 is 2.40 bits per heavy atom. The summed E-state index contributed by atoms with van der Waals surface area (Å²) in [5.74, 6) is -2.39. The highest BCUT2D eigenvalue weighted by atomic mass is 19.3. The van der Waals surface area contributed by atoms with E-state index in [0.29, 0.717) is 16.9 Å². The average molecular weight is 548 g/mol. The molecular formula is C31H31F2N3O4. The van der Waals surface area contributed by atoms with Crippen molar-refractivity contribution in [3.05, 3.63) is 78.2 Å². The lowest BCUT2D eigenvalue weighted by Crippen LogP contribution is -2.42. The summed E-state index contributed by atoms with van der Waals surface area (Å²) in [5.41, 5.74) is 3.75. The maximum absolute atomic E-state index is 13.5.